The molecule has 0 saturated carbocycles. The molecule has 150 valence electrons. The van der Waals surface area contributed by atoms with Crippen LogP contribution in [0.5, 0.6) is 0 Å². The Hall–Kier alpha value is -1.93. The number of nitrogens with zero attached hydrogens (tertiary/aromatic N) is 1. The molecule has 1 fully saturated rings. The van der Waals surface area contributed by atoms with Crippen molar-refractivity contribution in [1.82, 2.24) is 9.62 Å². The largest absolute Gasteiger partial charge is 0.466 e. The molecule has 1 aliphatic heterocycles. The van der Waals surface area contributed by atoms with E-state index in [2.05, 4.69) is 4.72 Å². The topological polar surface area (TPSA) is 92.8 Å². The smallest absolute Gasteiger partial charge is 0.310 e. The van der Waals surface area contributed by atoms with Crippen LogP contribution < -0.4 is 4.72 Å². The van der Waals surface area contributed by atoms with Crippen LogP contribution in [0.2, 0.25) is 0 Å². The molecule has 1 aliphatic rings. The van der Waals surface area contributed by atoms with E-state index >= 15 is 0 Å². The maximum atomic E-state index is 12.7. The first-order valence-corrected chi connectivity index (χ1v) is 10.6. The summed E-state index contributed by atoms with van der Waals surface area (Å²) in [7, 11) is -3.65. The second kappa shape index (κ2) is 8.39. The number of esters is 1. The number of carbonyl (C=O) groups excluding carboxylic acids is 2. The fourth-order valence-corrected chi connectivity index (χ4v) is 4.45. The van der Waals surface area contributed by atoms with Crippen LogP contribution in [0.1, 0.15) is 50.9 Å². The molecular weight excluding hydrogens is 368 g/mol. The van der Waals surface area contributed by atoms with E-state index in [1.54, 1.807) is 32.6 Å². The molecule has 0 unspecified atom stereocenters. The van der Waals surface area contributed by atoms with E-state index in [0.717, 1.165) is 6.42 Å². The molecule has 1 atom stereocenters. The van der Waals surface area contributed by atoms with E-state index in [9.17, 15) is 18.0 Å². The number of nitrogens with one attached hydrogen (secondary N) is 1. The fourth-order valence-electron chi connectivity index (χ4n) is 3.04. The molecule has 0 aromatic heterocycles. The van der Waals surface area contributed by atoms with Crippen LogP contribution in [0, 0.1) is 5.92 Å². The highest BCUT2D eigenvalue weighted by Gasteiger charge is 2.30. The molecule has 1 saturated heterocycles. The summed E-state index contributed by atoms with van der Waals surface area (Å²) in [6.07, 6.45) is 1.44. The average molecular weight is 397 g/mol. The number of amides is 1. The third-order valence-corrected chi connectivity index (χ3v) is 5.95. The Morgan fingerprint density at radius 2 is 1.85 bits per heavy atom. The highest BCUT2D eigenvalue weighted by atomic mass is 32.2. The van der Waals surface area contributed by atoms with Crippen LogP contribution in [-0.2, 0) is 19.6 Å². The van der Waals surface area contributed by atoms with Gasteiger partial charge in [0.05, 0.1) is 17.4 Å². The van der Waals surface area contributed by atoms with Crippen LogP contribution in [-0.4, -0.2) is 50.4 Å². The summed E-state index contributed by atoms with van der Waals surface area (Å²) in [6, 6.07) is 5.86. The molecule has 8 heteroatoms. The summed E-state index contributed by atoms with van der Waals surface area (Å²) in [5.74, 6) is -0.792. The molecular formula is C19H28N2O5S. The second-order valence-corrected chi connectivity index (χ2v) is 9.40. The summed E-state index contributed by atoms with van der Waals surface area (Å²) in [4.78, 5) is 26.4. The maximum Gasteiger partial charge on any atom is 0.310 e. The van der Waals surface area contributed by atoms with Crippen molar-refractivity contribution in [1.29, 1.82) is 0 Å². The van der Waals surface area contributed by atoms with Gasteiger partial charge in [-0.15, -0.1) is 0 Å². The van der Waals surface area contributed by atoms with Crippen molar-refractivity contribution in [3.63, 3.8) is 0 Å². The van der Waals surface area contributed by atoms with Gasteiger partial charge >= 0.3 is 5.97 Å². The number of hydrogen-bond acceptors (Lipinski definition) is 5. The normalized spacial score (nSPS) is 18.2. The minimum Gasteiger partial charge on any atom is -0.466 e. The molecule has 0 aliphatic carbocycles. The third-order valence-electron chi connectivity index (χ3n) is 4.18. The number of rotatable bonds is 5. The number of hydrogen-bond donors (Lipinski definition) is 1. The molecule has 1 aromatic carbocycles. The number of carbonyl (C=O) groups is 2. The van der Waals surface area contributed by atoms with Crippen molar-refractivity contribution in [2.45, 2.75) is 51.0 Å². The molecule has 2 rings (SSSR count). The molecule has 0 bridgehead atoms. The lowest BCUT2D eigenvalue weighted by Crippen LogP contribution is -2.43. The predicted molar refractivity (Wildman–Crippen MR) is 102 cm³/mol. The van der Waals surface area contributed by atoms with Gasteiger partial charge in [-0.05, 0) is 64.8 Å². The highest BCUT2D eigenvalue weighted by Crippen LogP contribution is 2.21. The van der Waals surface area contributed by atoms with Gasteiger partial charge in [0.25, 0.3) is 5.91 Å². The van der Waals surface area contributed by atoms with Crippen molar-refractivity contribution in [2.75, 3.05) is 19.7 Å². The van der Waals surface area contributed by atoms with Gasteiger partial charge in [-0.3, -0.25) is 9.59 Å². The third kappa shape index (κ3) is 5.77. The Labute approximate surface area is 161 Å². The summed E-state index contributed by atoms with van der Waals surface area (Å²) < 4.78 is 32.3. The number of sulfonamides is 1. The highest BCUT2D eigenvalue weighted by molar-refractivity contribution is 7.89. The number of likely N-dealkylation sites (tertiary alicyclic amines) is 1. The number of benzene rings is 1. The lowest BCUT2D eigenvalue weighted by molar-refractivity contribution is -0.149. The summed E-state index contributed by atoms with van der Waals surface area (Å²) in [5, 5.41) is 0. The van der Waals surface area contributed by atoms with Crippen LogP contribution >= 0.6 is 0 Å². The van der Waals surface area contributed by atoms with Crippen LogP contribution in [0.15, 0.2) is 29.2 Å². The molecule has 7 nitrogen and oxygen atoms in total. The van der Waals surface area contributed by atoms with E-state index < -0.39 is 15.6 Å². The molecule has 0 spiro atoms. The molecule has 1 heterocycles. The molecule has 27 heavy (non-hydrogen) atoms. The lowest BCUT2D eigenvalue weighted by atomic mass is 9.97. The van der Waals surface area contributed by atoms with Crippen LogP contribution in [0.3, 0.4) is 0 Å². The molecule has 1 N–H and O–H groups in total. The lowest BCUT2D eigenvalue weighted by Gasteiger charge is -2.31. The molecule has 1 amide bonds. The predicted octanol–water partition coefficient (Wildman–Crippen LogP) is 2.18. The number of piperidine rings is 1. The van der Waals surface area contributed by atoms with Crippen molar-refractivity contribution in [3.05, 3.63) is 29.8 Å². The van der Waals surface area contributed by atoms with E-state index in [-0.39, 0.29) is 22.7 Å². The van der Waals surface area contributed by atoms with Gasteiger partial charge in [0.2, 0.25) is 10.0 Å². The Morgan fingerprint density at radius 3 is 2.41 bits per heavy atom. The molecule has 0 radical (unpaired) electrons. The standard InChI is InChI=1S/C19H28N2O5S/c1-5-26-18(23)15-7-6-12-21(13-15)17(22)14-8-10-16(11-9-14)27(24,25)20-19(2,3)4/h8-11,15,20H,5-7,12-13H2,1-4H3/t15-/m0/s1. The summed E-state index contributed by atoms with van der Waals surface area (Å²) >= 11 is 0. The second-order valence-electron chi connectivity index (χ2n) is 7.72. The minimum atomic E-state index is -3.65. The van der Waals surface area contributed by atoms with Gasteiger partial charge in [-0.1, -0.05) is 0 Å². The van der Waals surface area contributed by atoms with E-state index in [1.807, 2.05) is 0 Å². The van der Waals surface area contributed by atoms with E-state index in [4.69, 9.17) is 4.74 Å². The van der Waals surface area contributed by atoms with Crippen molar-refractivity contribution in [2.24, 2.45) is 5.92 Å². The average Bonchev–Trinajstić information content (AvgIpc) is 2.59. The monoisotopic (exact) mass is 396 g/mol. The van der Waals surface area contributed by atoms with Gasteiger partial charge in [0.1, 0.15) is 0 Å². The zero-order chi connectivity index (χ0) is 20.2. The summed E-state index contributed by atoms with van der Waals surface area (Å²) in [5.41, 5.74) is -0.197. The van der Waals surface area contributed by atoms with Gasteiger partial charge < -0.3 is 9.64 Å². The SMILES string of the molecule is CCOC(=O)[C@H]1CCCN(C(=O)c2ccc(S(=O)(=O)NC(C)(C)C)cc2)C1. The van der Waals surface area contributed by atoms with Crippen LogP contribution in [0.4, 0.5) is 0 Å². The van der Waals surface area contributed by atoms with Crippen molar-refractivity contribution in [3.8, 4) is 0 Å². The fraction of sp³-hybridized carbons (Fsp3) is 0.579. The number of ether oxygens (including phenoxy) is 1. The Morgan fingerprint density at radius 1 is 1.22 bits per heavy atom. The first kappa shape index (κ1) is 21.4. The zero-order valence-electron chi connectivity index (χ0n) is 16.3. The quantitative estimate of drug-likeness (QED) is 0.770. The van der Waals surface area contributed by atoms with Crippen molar-refractivity contribution < 1.29 is 22.7 Å². The van der Waals surface area contributed by atoms with E-state index in [1.165, 1.54) is 24.3 Å². The van der Waals surface area contributed by atoms with E-state index in [0.29, 0.717) is 31.7 Å². The zero-order valence-corrected chi connectivity index (χ0v) is 17.1. The maximum absolute atomic E-state index is 12.7. The Bertz CT molecular complexity index is 781. The van der Waals surface area contributed by atoms with Gasteiger partial charge in [-0.25, -0.2) is 13.1 Å². The van der Waals surface area contributed by atoms with Crippen LogP contribution in [0.25, 0.3) is 0 Å². The minimum absolute atomic E-state index is 0.108. The first-order chi connectivity index (χ1) is 12.5. The Balaban J connectivity index is 2.10. The molecule has 1 aromatic rings. The Kier molecular flexibility index (Phi) is 6.64. The first-order valence-electron chi connectivity index (χ1n) is 9.13. The van der Waals surface area contributed by atoms with Gasteiger partial charge in [0.15, 0.2) is 0 Å². The van der Waals surface area contributed by atoms with Gasteiger partial charge in [-0.2, -0.15) is 0 Å². The van der Waals surface area contributed by atoms with Crippen molar-refractivity contribution >= 4 is 21.9 Å². The van der Waals surface area contributed by atoms with Gasteiger partial charge in [0, 0.05) is 24.2 Å². The summed E-state index contributed by atoms with van der Waals surface area (Å²) in [6.45, 7) is 8.26.